The summed E-state index contributed by atoms with van der Waals surface area (Å²) in [4.78, 5) is 24.7. The van der Waals surface area contributed by atoms with Gasteiger partial charge in [-0.3, -0.25) is 9.59 Å². The van der Waals surface area contributed by atoms with Crippen LogP contribution >= 0.6 is 0 Å². The first-order chi connectivity index (χ1) is 12.8. The van der Waals surface area contributed by atoms with Crippen molar-refractivity contribution in [1.29, 1.82) is 0 Å². The lowest BCUT2D eigenvalue weighted by atomic mass is 10.1. The molecule has 27 heavy (non-hydrogen) atoms. The molecule has 0 unspecified atom stereocenters. The summed E-state index contributed by atoms with van der Waals surface area (Å²) in [6, 6.07) is 12.9. The van der Waals surface area contributed by atoms with Crippen LogP contribution in [-0.2, 0) is 14.8 Å². The number of anilines is 2. The fourth-order valence-corrected chi connectivity index (χ4v) is 4.68. The molecule has 2 aromatic carbocycles. The van der Waals surface area contributed by atoms with Crippen LogP contribution < -0.4 is 14.4 Å². The molecule has 0 bridgehead atoms. The van der Waals surface area contributed by atoms with Gasteiger partial charge >= 0.3 is 0 Å². The van der Waals surface area contributed by atoms with Crippen molar-refractivity contribution in [1.82, 2.24) is 0 Å². The van der Waals surface area contributed by atoms with Gasteiger partial charge in [0.1, 0.15) is 5.75 Å². The highest BCUT2D eigenvalue weighted by Crippen LogP contribution is 2.29. The Bertz CT molecular complexity index is 970. The minimum atomic E-state index is -3.71. The molecule has 1 heterocycles. The topological polar surface area (TPSA) is 92.8 Å². The van der Waals surface area contributed by atoms with E-state index in [0.29, 0.717) is 18.0 Å². The minimum absolute atomic E-state index is 0.170. The van der Waals surface area contributed by atoms with Crippen LogP contribution in [0, 0.1) is 5.92 Å². The highest BCUT2D eigenvalue weighted by atomic mass is 32.2. The number of sulfonamides is 1. The molecular weight excluding hydrogens is 368 g/mol. The van der Waals surface area contributed by atoms with Crippen molar-refractivity contribution >= 4 is 33.2 Å². The fourth-order valence-electron chi connectivity index (χ4n) is 2.86. The second-order valence-electron chi connectivity index (χ2n) is 6.24. The summed E-state index contributed by atoms with van der Waals surface area (Å²) >= 11 is 0. The molecule has 142 valence electrons. The number of nitrogens with zero attached hydrogens (tertiary/aromatic N) is 1. The lowest BCUT2D eigenvalue weighted by Crippen LogP contribution is -2.30. The van der Waals surface area contributed by atoms with Crippen molar-refractivity contribution < 1.29 is 22.7 Å². The molecule has 0 aromatic heterocycles. The number of benzene rings is 2. The molecule has 8 heteroatoms. The molecule has 2 amide bonds. The van der Waals surface area contributed by atoms with E-state index >= 15 is 0 Å². The number of amides is 2. The van der Waals surface area contributed by atoms with E-state index < -0.39 is 27.8 Å². The molecule has 0 radical (unpaired) electrons. The third-order valence-corrected chi connectivity index (χ3v) is 5.99. The maximum Gasteiger partial charge on any atom is 0.255 e. The van der Waals surface area contributed by atoms with Crippen molar-refractivity contribution in [3.8, 4) is 5.75 Å². The summed E-state index contributed by atoms with van der Waals surface area (Å²) in [6.07, 6.45) is 0. The average Bonchev–Trinajstić information content (AvgIpc) is 2.84. The smallest absolute Gasteiger partial charge is 0.255 e. The zero-order chi connectivity index (χ0) is 19.6. The third kappa shape index (κ3) is 3.95. The summed E-state index contributed by atoms with van der Waals surface area (Å²) in [6.45, 7) is 4.01. The van der Waals surface area contributed by atoms with Gasteiger partial charge in [-0.15, -0.1) is 0 Å². The molecule has 3 rings (SSSR count). The highest BCUT2D eigenvalue weighted by Gasteiger charge is 2.42. The van der Waals surface area contributed by atoms with Gasteiger partial charge in [-0.05, 0) is 49.4 Å². The first-order valence-corrected chi connectivity index (χ1v) is 10.1. The van der Waals surface area contributed by atoms with Gasteiger partial charge in [0.25, 0.3) is 5.91 Å². The van der Waals surface area contributed by atoms with E-state index in [1.54, 1.807) is 43.3 Å². The van der Waals surface area contributed by atoms with E-state index in [4.69, 9.17) is 4.74 Å². The Morgan fingerprint density at radius 2 is 1.93 bits per heavy atom. The number of carbonyl (C=O) groups is 2. The fraction of sp³-hybridized carbons (Fsp3) is 0.263. The molecule has 1 N–H and O–H groups in total. The molecule has 0 spiro atoms. The molecule has 1 aliphatic rings. The summed E-state index contributed by atoms with van der Waals surface area (Å²) < 4.78 is 30.6. The first kappa shape index (κ1) is 18.9. The Hall–Kier alpha value is -2.87. The number of ether oxygens (including phenoxy) is 1. The number of carbonyl (C=O) groups excluding carboxylic acids is 2. The summed E-state index contributed by atoms with van der Waals surface area (Å²) in [5.74, 6) is -1.02. The second-order valence-corrected chi connectivity index (χ2v) is 8.11. The predicted molar refractivity (Wildman–Crippen MR) is 102 cm³/mol. The lowest BCUT2D eigenvalue weighted by molar-refractivity contribution is -0.119. The van der Waals surface area contributed by atoms with Gasteiger partial charge in [-0.2, -0.15) is 0 Å². The summed E-state index contributed by atoms with van der Waals surface area (Å²) in [5, 5.41) is 2.74. The normalized spacial score (nSPS) is 18.4. The van der Waals surface area contributed by atoms with E-state index in [9.17, 15) is 18.0 Å². The van der Waals surface area contributed by atoms with Gasteiger partial charge in [0, 0.05) is 11.3 Å². The molecule has 2 aromatic rings. The van der Waals surface area contributed by atoms with Crippen LogP contribution in [0.5, 0.6) is 5.75 Å². The molecule has 1 fully saturated rings. The van der Waals surface area contributed by atoms with Crippen LogP contribution in [-0.4, -0.2) is 32.6 Å². The molecule has 0 aliphatic carbocycles. The summed E-state index contributed by atoms with van der Waals surface area (Å²) in [7, 11) is -3.71. The Kier molecular flexibility index (Phi) is 5.18. The third-order valence-electron chi connectivity index (χ3n) is 4.13. The van der Waals surface area contributed by atoms with Crippen LogP contribution in [0.3, 0.4) is 0 Å². The standard InChI is InChI=1S/C19H20N2O5S/c1-3-26-17-9-7-15(8-10-17)20-18(22)14-5-4-6-16(11-14)21-19(23)13(2)12-27(21,24)25/h4-11,13H,3,12H2,1-2H3,(H,20,22)/t13-/m1/s1. The molecule has 0 saturated carbocycles. The second kappa shape index (κ2) is 7.40. The van der Waals surface area contributed by atoms with E-state index in [1.807, 2.05) is 6.92 Å². The van der Waals surface area contributed by atoms with Crippen LogP contribution in [0.1, 0.15) is 24.2 Å². The van der Waals surface area contributed by atoms with Crippen LogP contribution in [0.2, 0.25) is 0 Å². The molecule has 1 aliphatic heterocycles. The van der Waals surface area contributed by atoms with Gasteiger partial charge in [-0.1, -0.05) is 13.0 Å². The maximum atomic E-state index is 12.5. The quantitative estimate of drug-likeness (QED) is 0.850. The van der Waals surface area contributed by atoms with Gasteiger partial charge in [0.15, 0.2) is 0 Å². The Labute approximate surface area is 158 Å². The monoisotopic (exact) mass is 388 g/mol. The SMILES string of the molecule is CCOc1ccc(NC(=O)c2cccc(N3C(=O)[C@H](C)CS3(=O)=O)c2)cc1. The highest BCUT2D eigenvalue weighted by molar-refractivity contribution is 7.94. The van der Waals surface area contributed by atoms with Crippen molar-refractivity contribution in [3.63, 3.8) is 0 Å². The largest absolute Gasteiger partial charge is 0.494 e. The van der Waals surface area contributed by atoms with E-state index in [1.165, 1.54) is 12.1 Å². The van der Waals surface area contributed by atoms with Crippen molar-refractivity contribution in [2.45, 2.75) is 13.8 Å². The molecule has 7 nitrogen and oxygen atoms in total. The molecular formula is C19H20N2O5S. The van der Waals surface area contributed by atoms with Gasteiger partial charge in [-0.25, -0.2) is 12.7 Å². The number of rotatable bonds is 5. The number of nitrogens with one attached hydrogen (secondary N) is 1. The van der Waals surface area contributed by atoms with E-state index in [2.05, 4.69) is 5.32 Å². The zero-order valence-electron chi connectivity index (χ0n) is 15.0. The molecule has 1 atom stereocenters. The summed E-state index contributed by atoms with van der Waals surface area (Å²) in [5.41, 5.74) is 1.000. The maximum absolute atomic E-state index is 12.5. The van der Waals surface area contributed by atoms with Gasteiger partial charge in [0.05, 0.1) is 24.0 Å². The Morgan fingerprint density at radius 3 is 2.52 bits per heavy atom. The Balaban J connectivity index is 1.81. The van der Waals surface area contributed by atoms with Crippen molar-refractivity contribution in [2.24, 2.45) is 5.92 Å². The lowest BCUT2D eigenvalue weighted by Gasteiger charge is -2.16. The van der Waals surface area contributed by atoms with Gasteiger partial charge in [0.2, 0.25) is 15.9 Å². The number of hydrogen-bond acceptors (Lipinski definition) is 5. The van der Waals surface area contributed by atoms with Crippen LogP contribution in [0.4, 0.5) is 11.4 Å². The van der Waals surface area contributed by atoms with Gasteiger partial charge < -0.3 is 10.1 Å². The molecule has 1 saturated heterocycles. The Morgan fingerprint density at radius 1 is 1.22 bits per heavy atom. The van der Waals surface area contributed by atoms with E-state index in [-0.39, 0.29) is 17.0 Å². The number of hydrogen-bond donors (Lipinski definition) is 1. The average molecular weight is 388 g/mol. The van der Waals surface area contributed by atoms with Crippen molar-refractivity contribution in [3.05, 3.63) is 54.1 Å². The minimum Gasteiger partial charge on any atom is -0.494 e. The predicted octanol–water partition coefficient (Wildman–Crippen LogP) is 2.65. The van der Waals surface area contributed by atoms with Crippen LogP contribution in [0.25, 0.3) is 0 Å². The van der Waals surface area contributed by atoms with Crippen molar-refractivity contribution in [2.75, 3.05) is 22.0 Å². The van der Waals surface area contributed by atoms with Crippen LogP contribution in [0.15, 0.2) is 48.5 Å². The zero-order valence-corrected chi connectivity index (χ0v) is 15.8. The first-order valence-electron chi connectivity index (χ1n) is 8.53. The van der Waals surface area contributed by atoms with E-state index in [0.717, 1.165) is 4.31 Å².